The van der Waals surface area contributed by atoms with Crippen molar-refractivity contribution in [2.24, 2.45) is 5.41 Å². The third-order valence-electron chi connectivity index (χ3n) is 5.82. The number of carbonyl (C=O) groups excluding carboxylic acids is 2. The topological polar surface area (TPSA) is 71.8 Å². The number of rotatable bonds is 6. The first-order valence-electron chi connectivity index (χ1n) is 9.20. The molecular formula is C19H28N2O4. The van der Waals surface area contributed by atoms with Crippen molar-refractivity contribution in [3.8, 4) is 0 Å². The maximum absolute atomic E-state index is 12.8. The zero-order chi connectivity index (χ0) is 18.0. The van der Waals surface area contributed by atoms with Gasteiger partial charge in [0.05, 0.1) is 12.6 Å². The van der Waals surface area contributed by atoms with Crippen molar-refractivity contribution in [2.75, 3.05) is 13.7 Å². The third-order valence-corrected chi connectivity index (χ3v) is 5.82. The van der Waals surface area contributed by atoms with Crippen LogP contribution in [0.5, 0.6) is 0 Å². The molecule has 0 saturated heterocycles. The molecule has 1 spiro atoms. The summed E-state index contributed by atoms with van der Waals surface area (Å²) in [6.07, 6.45) is 5.85. The minimum absolute atomic E-state index is 0.0969. The summed E-state index contributed by atoms with van der Waals surface area (Å²) in [4.78, 5) is 25.7. The van der Waals surface area contributed by atoms with Gasteiger partial charge in [-0.1, -0.05) is 12.8 Å². The Balaban J connectivity index is 1.67. The Kier molecular flexibility index (Phi) is 5.18. The Labute approximate surface area is 148 Å². The normalized spacial score (nSPS) is 24.1. The van der Waals surface area contributed by atoms with E-state index in [-0.39, 0.29) is 29.4 Å². The second-order valence-corrected chi connectivity index (χ2v) is 7.23. The van der Waals surface area contributed by atoms with Gasteiger partial charge in [-0.3, -0.25) is 9.59 Å². The predicted octanol–water partition coefficient (Wildman–Crippen LogP) is 2.73. The maximum atomic E-state index is 12.8. The molecule has 6 heteroatoms. The molecule has 2 aliphatic rings. The van der Waals surface area contributed by atoms with Crippen LogP contribution in [0, 0.1) is 5.41 Å². The van der Waals surface area contributed by atoms with Crippen molar-refractivity contribution in [1.29, 1.82) is 0 Å². The molecule has 1 aromatic rings. The fourth-order valence-corrected chi connectivity index (χ4v) is 4.51. The van der Waals surface area contributed by atoms with Crippen LogP contribution in [0.2, 0.25) is 0 Å². The number of carbonyl (C=O) groups is 2. The van der Waals surface area contributed by atoms with E-state index in [1.54, 1.807) is 12.1 Å². The quantitative estimate of drug-likeness (QED) is 0.858. The minimum Gasteiger partial charge on any atom is -0.454 e. The monoisotopic (exact) mass is 348 g/mol. The summed E-state index contributed by atoms with van der Waals surface area (Å²) in [6, 6.07) is 3.64. The first-order valence-corrected chi connectivity index (χ1v) is 9.20. The Morgan fingerprint density at radius 1 is 1.36 bits per heavy atom. The van der Waals surface area contributed by atoms with Gasteiger partial charge >= 0.3 is 0 Å². The largest absolute Gasteiger partial charge is 0.454 e. The Morgan fingerprint density at radius 3 is 2.72 bits per heavy atom. The fraction of sp³-hybridized carbons (Fsp3) is 0.684. The van der Waals surface area contributed by atoms with Gasteiger partial charge in [0.1, 0.15) is 5.76 Å². The summed E-state index contributed by atoms with van der Waals surface area (Å²) >= 11 is 0. The molecular weight excluding hydrogens is 320 g/mol. The average Bonchev–Trinajstić information content (AvgIpc) is 3.25. The molecule has 1 heterocycles. The SMILES string of the molecule is CCOC1CC(N(C)C(=O)c2ccc(CNC(C)=O)o2)C12CCCC2. The van der Waals surface area contributed by atoms with E-state index in [0.29, 0.717) is 18.1 Å². The Hall–Kier alpha value is -1.82. The molecule has 138 valence electrons. The van der Waals surface area contributed by atoms with Crippen LogP contribution in [0.4, 0.5) is 0 Å². The van der Waals surface area contributed by atoms with Crippen molar-refractivity contribution >= 4 is 11.8 Å². The molecule has 2 saturated carbocycles. The van der Waals surface area contributed by atoms with Gasteiger partial charge in [0.25, 0.3) is 5.91 Å². The highest BCUT2D eigenvalue weighted by Gasteiger charge is 2.59. The molecule has 0 radical (unpaired) electrons. The first kappa shape index (κ1) is 18.0. The molecule has 1 aromatic heterocycles. The molecule has 1 N–H and O–H groups in total. The van der Waals surface area contributed by atoms with Crippen LogP contribution in [-0.4, -0.2) is 42.5 Å². The van der Waals surface area contributed by atoms with Gasteiger partial charge in [-0.25, -0.2) is 0 Å². The first-order chi connectivity index (χ1) is 12.0. The van der Waals surface area contributed by atoms with Crippen molar-refractivity contribution in [3.63, 3.8) is 0 Å². The van der Waals surface area contributed by atoms with Gasteiger partial charge in [0, 0.05) is 32.0 Å². The van der Waals surface area contributed by atoms with Crippen molar-refractivity contribution in [1.82, 2.24) is 10.2 Å². The van der Waals surface area contributed by atoms with Crippen LogP contribution in [0.1, 0.15) is 62.3 Å². The molecule has 0 aliphatic heterocycles. The van der Waals surface area contributed by atoms with Crippen LogP contribution in [-0.2, 0) is 16.1 Å². The maximum Gasteiger partial charge on any atom is 0.289 e. The van der Waals surface area contributed by atoms with E-state index in [9.17, 15) is 9.59 Å². The smallest absolute Gasteiger partial charge is 0.289 e. The summed E-state index contributed by atoms with van der Waals surface area (Å²) < 4.78 is 11.6. The van der Waals surface area contributed by atoms with Crippen molar-refractivity contribution < 1.29 is 18.7 Å². The van der Waals surface area contributed by atoms with E-state index in [4.69, 9.17) is 9.15 Å². The number of nitrogens with one attached hydrogen (secondary N) is 1. The van der Waals surface area contributed by atoms with Gasteiger partial charge in [0.15, 0.2) is 5.76 Å². The fourth-order valence-electron chi connectivity index (χ4n) is 4.51. The molecule has 2 aliphatic carbocycles. The number of furan rings is 1. The molecule has 2 fully saturated rings. The lowest BCUT2D eigenvalue weighted by Gasteiger charge is -2.56. The lowest BCUT2D eigenvalue weighted by molar-refractivity contribution is -0.152. The minimum atomic E-state index is -0.124. The predicted molar refractivity (Wildman–Crippen MR) is 93.0 cm³/mol. The molecule has 2 atom stereocenters. The zero-order valence-electron chi connectivity index (χ0n) is 15.3. The van der Waals surface area contributed by atoms with E-state index >= 15 is 0 Å². The van der Waals surface area contributed by atoms with Gasteiger partial charge in [0.2, 0.25) is 5.91 Å². The molecule has 0 aromatic carbocycles. The summed E-state index contributed by atoms with van der Waals surface area (Å²) in [7, 11) is 1.87. The van der Waals surface area contributed by atoms with E-state index in [0.717, 1.165) is 25.9 Å². The Morgan fingerprint density at radius 2 is 2.08 bits per heavy atom. The summed E-state index contributed by atoms with van der Waals surface area (Å²) in [5.74, 6) is 0.695. The van der Waals surface area contributed by atoms with Crippen LogP contribution < -0.4 is 5.32 Å². The highest BCUT2D eigenvalue weighted by atomic mass is 16.5. The van der Waals surface area contributed by atoms with E-state index < -0.39 is 0 Å². The molecule has 3 rings (SSSR count). The van der Waals surface area contributed by atoms with Gasteiger partial charge in [-0.05, 0) is 38.3 Å². The second kappa shape index (κ2) is 7.20. The lowest BCUT2D eigenvalue weighted by Crippen LogP contribution is -2.63. The van der Waals surface area contributed by atoms with Crippen LogP contribution in [0.25, 0.3) is 0 Å². The zero-order valence-corrected chi connectivity index (χ0v) is 15.3. The summed E-state index contributed by atoms with van der Waals surface area (Å²) in [5.41, 5.74) is 0.117. The van der Waals surface area contributed by atoms with Gasteiger partial charge in [-0.15, -0.1) is 0 Å². The van der Waals surface area contributed by atoms with Crippen molar-refractivity contribution in [3.05, 3.63) is 23.7 Å². The average molecular weight is 348 g/mol. The number of ether oxygens (including phenoxy) is 1. The van der Waals surface area contributed by atoms with E-state index in [1.807, 2.05) is 18.9 Å². The molecule has 2 unspecified atom stereocenters. The van der Waals surface area contributed by atoms with E-state index in [2.05, 4.69) is 5.32 Å². The summed E-state index contributed by atoms with van der Waals surface area (Å²) in [5, 5.41) is 2.67. The number of hydrogen-bond donors (Lipinski definition) is 1. The Bertz CT molecular complexity index is 633. The third kappa shape index (κ3) is 3.32. The second-order valence-electron chi connectivity index (χ2n) is 7.23. The molecule has 6 nitrogen and oxygen atoms in total. The van der Waals surface area contributed by atoms with Crippen LogP contribution in [0.3, 0.4) is 0 Å². The van der Waals surface area contributed by atoms with Crippen LogP contribution in [0.15, 0.2) is 16.5 Å². The van der Waals surface area contributed by atoms with Crippen LogP contribution >= 0.6 is 0 Å². The van der Waals surface area contributed by atoms with Gasteiger partial charge < -0.3 is 19.4 Å². The summed E-state index contributed by atoms with van der Waals surface area (Å²) in [6.45, 7) is 4.51. The molecule has 25 heavy (non-hydrogen) atoms. The van der Waals surface area contributed by atoms with Gasteiger partial charge in [-0.2, -0.15) is 0 Å². The number of nitrogens with zero attached hydrogens (tertiary/aromatic N) is 1. The lowest BCUT2D eigenvalue weighted by atomic mass is 9.60. The molecule has 2 amide bonds. The van der Waals surface area contributed by atoms with E-state index in [1.165, 1.54) is 19.8 Å². The standard InChI is InChI=1S/C19H28N2O4/c1-4-24-17-11-16(19(17)9-5-6-10-19)21(3)18(23)15-8-7-14(25-15)12-20-13(2)22/h7-8,16-17H,4-6,9-12H2,1-3H3,(H,20,22). The highest BCUT2D eigenvalue weighted by molar-refractivity contribution is 5.91. The number of amides is 2. The van der Waals surface area contributed by atoms with Crippen molar-refractivity contribution in [2.45, 2.75) is 64.6 Å². The molecule has 0 bridgehead atoms. The number of hydrogen-bond acceptors (Lipinski definition) is 4. The highest BCUT2D eigenvalue weighted by Crippen LogP contribution is 2.56.